The summed E-state index contributed by atoms with van der Waals surface area (Å²) in [5.74, 6) is -0.311. The van der Waals surface area contributed by atoms with Gasteiger partial charge in [0.25, 0.3) is 0 Å². The number of carbonyl (C=O) groups is 1. The van der Waals surface area contributed by atoms with E-state index in [-0.39, 0.29) is 5.97 Å². The fourth-order valence-corrected chi connectivity index (χ4v) is 3.25. The van der Waals surface area contributed by atoms with E-state index in [1.54, 1.807) is 0 Å². The van der Waals surface area contributed by atoms with Gasteiger partial charge in [-0.15, -0.1) is 0 Å². The molecule has 0 unspecified atom stereocenters. The molecule has 2 aromatic carbocycles. The van der Waals surface area contributed by atoms with Crippen LogP contribution in [0.5, 0.6) is 0 Å². The standard InChI is InChI=1S/C20H20BrNO3/c1-3-25-20(23)19-16-10-9-15(21)11-17(16)22(2)18(19)13-24-12-14-7-5-4-6-8-14/h4-11H,3,12-13H2,1-2H3. The van der Waals surface area contributed by atoms with Gasteiger partial charge >= 0.3 is 5.97 Å². The zero-order valence-corrected chi connectivity index (χ0v) is 15.9. The van der Waals surface area contributed by atoms with Gasteiger partial charge < -0.3 is 14.0 Å². The van der Waals surface area contributed by atoms with Crippen LogP contribution in [0, 0.1) is 0 Å². The zero-order chi connectivity index (χ0) is 17.8. The predicted molar refractivity (Wildman–Crippen MR) is 102 cm³/mol. The smallest absolute Gasteiger partial charge is 0.340 e. The lowest BCUT2D eigenvalue weighted by Crippen LogP contribution is -2.10. The second kappa shape index (κ2) is 7.85. The molecule has 0 aliphatic heterocycles. The molecule has 3 rings (SSSR count). The summed E-state index contributed by atoms with van der Waals surface area (Å²) in [5, 5.41) is 0.877. The number of ether oxygens (including phenoxy) is 2. The van der Waals surface area contributed by atoms with Gasteiger partial charge in [0.1, 0.15) is 0 Å². The van der Waals surface area contributed by atoms with Crippen LogP contribution < -0.4 is 0 Å². The van der Waals surface area contributed by atoms with Crippen molar-refractivity contribution in [1.29, 1.82) is 0 Å². The number of carbonyl (C=O) groups excluding carboxylic acids is 1. The van der Waals surface area contributed by atoms with Gasteiger partial charge in [0.15, 0.2) is 0 Å². The number of aromatic nitrogens is 1. The average Bonchev–Trinajstić information content (AvgIpc) is 2.88. The number of hydrogen-bond donors (Lipinski definition) is 0. The topological polar surface area (TPSA) is 40.5 Å². The minimum absolute atomic E-state index is 0.311. The molecule has 0 aliphatic carbocycles. The Morgan fingerprint density at radius 3 is 2.60 bits per heavy atom. The molecule has 0 aliphatic rings. The number of rotatable bonds is 6. The highest BCUT2D eigenvalue weighted by Crippen LogP contribution is 2.29. The van der Waals surface area contributed by atoms with E-state index in [1.807, 2.05) is 67.1 Å². The summed E-state index contributed by atoms with van der Waals surface area (Å²) in [6, 6.07) is 15.8. The van der Waals surface area contributed by atoms with Crippen molar-refractivity contribution in [3.8, 4) is 0 Å². The van der Waals surface area contributed by atoms with Crippen LogP contribution in [-0.4, -0.2) is 17.1 Å². The van der Waals surface area contributed by atoms with Crippen molar-refractivity contribution < 1.29 is 14.3 Å². The van der Waals surface area contributed by atoms with E-state index in [4.69, 9.17) is 9.47 Å². The lowest BCUT2D eigenvalue weighted by atomic mass is 10.1. The number of fused-ring (bicyclic) bond motifs is 1. The number of esters is 1. The van der Waals surface area contributed by atoms with Crippen LogP contribution in [0.2, 0.25) is 0 Å². The molecule has 1 aromatic heterocycles. The van der Waals surface area contributed by atoms with E-state index in [1.165, 1.54) is 0 Å². The van der Waals surface area contributed by atoms with Crippen molar-refractivity contribution in [3.05, 3.63) is 69.8 Å². The first-order valence-corrected chi connectivity index (χ1v) is 8.96. The van der Waals surface area contributed by atoms with Gasteiger partial charge in [-0.25, -0.2) is 4.79 Å². The average molecular weight is 402 g/mol. The Hall–Kier alpha value is -2.11. The largest absolute Gasteiger partial charge is 0.462 e. The molecule has 4 nitrogen and oxygen atoms in total. The molecule has 1 heterocycles. The van der Waals surface area contributed by atoms with Gasteiger partial charge in [-0.05, 0) is 24.6 Å². The Labute approximate surface area is 155 Å². The molecule has 25 heavy (non-hydrogen) atoms. The Kier molecular flexibility index (Phi) is 5.56. The fourth-order valence-electron chi connectivity index (χ4n) is 2.90. The van der Waals surface area contributed by atoms with Crippen LogP contribution in [0.4, 0.5) is 0 Å². The maximum Gasteiger partial charge on any atom is 0.340 e. The minimum Gasteiger partial charge on any atom is -0.462 e. The minimum atomic E-state index is -0.311. The number of aryl methyl sites for hydroxylation is 1. The van der Waals surface area contributed by atoms with Gasteiger partial charge in [0, 0.05) is 16.9 Å². The monoisotopic (exact) mass is 401 g/mol. The van der Waals surface area contributed by atoms with E-state index < -0.39 is 0 Å². The Balaban J connectivity index is 1.93. The second-order valence-corrected chi connectivity index (χ2v) is 6.66. The molecule has 0 saturated carbocycles. The predicted octanol–water partition coefficient (Wildman–Crippen LogP) is 4.83. The molecule has 3 aromatic rings. The van der Waals surface area contributed by atoms with Crippen molar-refractivity contribution in [2.24, 2.45) is 7.05 Å². The number of nitrogens with zero attached hydrogens (tertiary/aromatic N) is 1. The Morgan fingerprint density at radius 1 is 1.12 bits per heavy atom. The van der Waals surface area contributed by atoms with E-state index in [2.05, 4.69) is 15.9 Å². The summed E-state index contributed by atoms with van der Waals surface area (Å²) < 4.78 is 14.1. The summed E-state index contributed by atoms with van der Waals surface area (Å²) in [7, 11) is 1.94. The maximum absolute atomic E-state index is 12.5. The highest BCUT2D eigenvalue weighted by molar-refractivity contribution is 9.10. The molecule has 130 valence electrons. The number of hydrogen-bond acceptors (Lipinski definition) is 3. The first kappa shape index (κ1) is 17.7. The van der Waals surface area contributed by atoms with Crippen molar-refractivity contribution in [3.63, 3.8) is 0 Å². The summed E-state index contributed by atoms with van der Waals surface area (Å²) >= 11 is 3.49. The van der Waals surface area contributed by atoms with E-state index >= 15 is 0 Å². The lowest BCUT2D eigenvalue weighted by Gasteiger charge is -2.09. The summed E-state index contributed by atoms with van der Waals surface area (Å²) in [5.41, 5.74) is 3.47. The SMILES string of the molecule is CCOC(=O)c1c(COCc2ccccc2)n(C)c2cc(Br)ccc12. The molecule has 0 amide bonds. The number of benzene rings is 2. The van der Waals surface area contributed by atoms with E-state index in [9.17, 15) is 4.79 Å². The van der Waals surface area contributed by atoms with Crippen LogP contribution in [0.25, 0.3) is 10.9 Å². The van der Waals surface area contributed by atoms with Crippen molar-refractivity contribution in [1.82, 2.24) is 4.57 Å². The van der Waals surface area contributed by atoms with Crippen molar-refractivity contribution in [2.45, 2.75) is 20.1 Å². The Morgan fingerprint density at radius 2 is 1.88 bits per heavy atom. The van der Waals surface area contributed by atoms with E-state index in [0.717, 1.165) is 26.6 Å². The van der Waals surface area contributed by atoms with Crippen LogP contribution in [0.15, 0.2) is 53.0 Å². The maximum atomic E-state index is 12.5. The molecule has 0 radical (unpaired) electrons. The first-order chi connectivity index (χ1) is 12.1. The van der Waals surface area contributed by atoms with Crippen molar-refractivity contribution >= 4 is 32.8 Å². The zero-order valence-electron chi connectivity index (χ0n) is 14.3. The van der Waals surface area contributed by atoms with Crippen LogP contribution in [0.3, 0.4) is 0 Å². The highest BCUT2D eigenvalue weighted by Gasteiger charge is 2.22. The lowest BCUT2D eigenvalue weighted by molar-refractivity contribution is 0.0517. The summed E-state index contributed by atoms with van der Waals surface area (Å²) in [4.78, 5) is 12.5. The number of halogens is 1. The van der Waals surface area contributed by atoms with E-state index in [0.29, 0.717) is 25.4 Å². The summed E-state index contributed by atoms with van der Waals surface area (Å²) in [6.07, 6.45) is 0. The van der Waals surface area contributed by atoms with Gasteiger partial charge in [-0.2, -0.15) is 0 Å². The van der Waals surface area contributed by atoms with Crippen LogP contribution >= 0.6 is 15.9 Å². The normalized spacial score (nSPS) is 11.0. The van der Waals surface area contributed by atoms with Gasteiger partial charge in [0.2, 0.25) is 0 Å². The molecular formula is C20H20BrNO3. The molecule has 5 heteroatoms. The molecule has 0 saturated heterocycles. The summed E-state index contributed by atoms with van der Waals surface area (Å²) in [6.45, 7) is 2.99. The molecule has 0 spiro atoms. The second-order valence-electron chi connectivity index (χ2n) is 5.74. The molecule has 0 fully saturated rings. The molecular weight excluding hydrogens is 382 g/mol. The molecule has 0 bridgehead atoms. The van der Waals surface area contributed by atoms with Crippen molar-refractivity contribution in [2.75, 3.05) is 6.61 Å². The third-order valence-corrected chi connectivity index (χ3v) is 4.61. The molecule has 0 N–H and O–H groups in total. The third-order valence-electron chi connectivity index (χ3n) is 4.11. The fraction of sp³-hybridized carbons (Fsp3) is 0.250. The first-order valence-electron chi connectivity index (χ1n) is 8.17. The quantitative estimate of drug-likeness (QED) is 0.555. The van der Waals surface area contributed by atoms with Gasteiger partial charge in [-0.3, -0.25) is 0 Å². The van der Waals surface area contributed by atoms with Crippen LogP contribution in [-0.2, 0) is 29.7 Å². The van der Waals surface area contributed by atoms with Crippen LogP contribution in [0.1, 0.15) is 28.5 Å². The molecule has 0 atom stereocenters. The Bertz CT molecular complexity index is 887. The highest BCUT2D eigenvalue weighted by atomic mass is 79.9. The van der Waals surface area contributed by atoms with Gasteiger partial charge in [-0.1, -0.05) is 52.3 Å². The third kappa shape index (κ3) is 3.78. The van der Waals surface area contributed by atoms with Gasteiger partial charge in [0.05, 0.1) is 36.6 Å².